The lowest BCUT2D eigenvalue weighted by atomic mass is 9.98. The zero-order valence-corrected chi connectivity index (χ0v) is 51.5. The average Bonchev–Trinajstić information content (AvgIpc) is 4.57. The SMILES string of the molecule is CCCCC(CC)C(=O)Nc1ccc2[nH]c(=S)[nH]c2c1.CCN(CC)c1nc(NO)nc(NO)n1.CNC(=O)Nc1cccc(-n2[nH]nnc2=S)c1.Cc1cc(=O)n2[nH]cnc2n1.Cc1nc(C)nc(NO)n1.O=C(O)CCCCC1CCSS1. The Morgan fingerprint density at radius 3 is 2.07 bits per heavy atom. The molecule has 8 aromatic rings. The Morgan fingerprint density at radius 1 is 0.812 bits per heavy atom. The molecule has 6 aromatic heterocycles. The summed E-state index contributed by atoms with van der Waals surface area (Å²) in [6, 6.07) is 14.0. The van der Waals surface area contributed by atoms with Crippen LogP contribution in [0.1, 0.15) is 103 Å². The Bertz CT molecular complexity index is 3470. The number of hydrogen-bond donors (Lipinski definition) is 14. The number of rotatable bonds is 19. The van der Waals surface area contributed by atoms with Crippen LogP contribution in [0.25, 0.3) is 22.5 Å². The summed E-state index contributed by atoms with van der Waals surface area (Å²) in [5.41, 5.74) is 10.1. The molecule has 1 saturated heterocycles. The molecule has 14 N–H and O–H groups in total. The predicted molar refractivity (Wildman–Crippen MR) is 332 cm³/mol. The molecule has 0 saturated carbocycles. The molecular weight excluding hydrogens is 1180 g/mol. The van der Waals surface area contributed by atoms with Gasteiger partial charge in [-0.15, -0.1) is 0 Å². The smallest absolute Gasteiger partial charge is 0.318 e. The second kappa shape index (κ2) is 37.2. The summed E-state index contributed by atoms with van der Waals surface area (Å²) in [4.78, 5) is 83.5. The summed E-state index contributed by atoms with van der Waals surface area (Å²) >= 11 is 10.0. The van der Waals surface area contributed by atoms with E-state index in [-0.39, 0.29) is 41.3 Å². The first-order valence-corrected chi connectivity index (χ1v) is 30.0. The van der Waals surface area contributed by atoms with Crippen molar-refractivity contribution in [2.24, 2.45) is 5.92 Å². The third-order valence-electron chi connectivity index (χ3n) is 11.7. The Balaban J connectivity index is 0.000000222. The molecule has 7 heterocycles. The Labute approximate surface area is 506 Å². The van der Waals surface area contributed by atoms with Gasteiger partial charge in [0.1, 0.15) is 18.0 Å². The van der Waals surface area contributed by atoms with E-state index in [4.69, 9.17) is 45.2 Å². The molecule has 35 heteroatoms. The van der Waals surface area contributed by atoms with Crippen LogP contribution in [-0.2, 0) is 9.59 Å². The molecule has 2 unspecified atom stereocenters. The number of aliphatic carboxylic acids is 1. The van der Waals surface area contributed by atoms with Crippen LogP contribution < -0.4 is 42.8 Å². The largest absolute Gasteiger partial charge is 0.481 e. The number of fused-ring (bicyclic) bond motifs is 2. The number of carboxylic acids is 1. The third-order valence-corrected chi connectivity index (χ3v) is 15.2. The molecule has 1 aliphatic heterocycles. The number of anilines is 6. The van der Waals surface area contributed by atoms with Crippen molar-refractivity contribution in [2.45, 2.75) is 112 Å². The summed E-state index contributed by atoms with van der Waals surface area (Å²) in [6.45, 7) is 14.8. The number of carbonyl (C=O) groups is 3. The number of benzene rings is 2. The molecule has 0 bridgehead atoms. The van der Waals surface area contributed by atoms with Crippen molar-refractivity contribution in [3.63, 3.8) is 0 Å². The number of H-pyrrole nitrogens is 4. The maximum Gasteiger partial charge on any atom is 0.318 e. The highest BCUT2D eigenvalue weighted by Crippen LogP contribution is 2.40. The van der Waals surface area contributed by atoms with E-state index in [2.05, 4.69) is 100 Å². The molecule has 9 rings (SSSR count). The minimum Gasteiger partial charge on any atom is -0.481 e. The molecular formula is C50H73N23O8S4. The number of aromatic amines is 4. The van der Waals surface area contributed by atoms with E-state index >= 15 is 0 Å². The van der Waals surface area contributed by atoms with Crippen LogP contribution >= 0.6 is 46.0 Å². The Hall–Kier alpha value is -8.22. The van der Waals surface area contributed by atoms with Gasteiger partial charge in [0.25, 0.3) is 23.2 Å². The second-order valence-corrected chi connectivity index (χ2v) is 21.6. The number of aryl methyl sites for hydroxylation is 3. The summed E-state index contributed by atoms with van der Waals surface area (Å²) in [7, 11) is 5.47. The molecule has 0 spiro atoms. The van der Waals surface area contributed by atoms with Gasteiger partial charge in [0, 0.05) is 66.6 Å². The minimum absolute atomic E-state index is 0.0246. The van der Waals surface area contributed by atoms with Crippen molar-refractivity contribution in [3.8, 4) is 5.69 Å². The second-order valence-electron chi connectivity index (χ2n) is 18.0. The normalized spacial score (nSPS) is 12.4. The zero-order valence-electron chi connectivity index (χ0n) is 48.2. The van der Waals surface area contributed by atoms with Gasteiger partial charge < -0.3 is 35.9 Å². The molecule has 1 fully saturated rings. The number of aromatic nitrogens is 16. The monoisotopic (exact) mass is 1250 g/mol. The van der Waals surface area contributed by atoms with Crippen LogP contribution in [-0.4, -0.2) is 149 Å². The van der Waals surface area contributed by atoms with Crippen LogP contribution in [0.4, 0.5) is 40.0 Å². The molecule has 31 nitrogen and oxygen atoms in total. The number of nitrogens with one attached hydrogen (secondary N) is 10. The predicted octanol–water partition coefficient (Wildman–Crippen LogP) is 8.58. The first-order valence-electron chi connectivity index (χ1n) is 26.8. The van der Waals surface area contributed by atoms with Crippen molar-refractivity contribution in [1.82, 2.24) is 85.0 Å². The van der Waals surface area contributed by atoms with Crippen LogP contribution in [0.5, 0.6) is 0 Å². The number of nitrogens with zero attached hydrogens (tertiary/aromatic N) is 13. The Morgan fingerprint density at radius 2 is 1.48 bits per heavy atom. The van der Waals surface area contributed by atoms with Gasteiger partial charge in [0.2, 0.25) is 22.6 Å². The standard InChI is InChI=1S/C15H21N3OS.C9H10N6OS.C8H14O2S2.C7H14N6O2.C6H6N4O.C5H8N4O/c1-3-5-6-10(4-2)14(19)16-11-7-8-12-13(9-11)18-15(20)17-12;1-10-8(16)11-6-3-2-4-7(5-6)15-9(17)12-13-14-15;9-8(10)4-2-1-3-7-5-6-11-12-7;1-3-13(4-2)7-9-5(11-14)8-6(10-7)12-15;1-4-2-5(11)10-6(9-4)7-3-8-10;1-3-6-4(2)8-5(7-3)9-10/h7-10H,3-6H2,1-2H3,(H,16,19)(H2,17,18,20);2-5H,1H3,(H2,10,11,16)(H,12,14,17);7H,1-6H2,(H,9,10);14-15H,3-4H2,1-2H3,(H2,8,9,10,11,12);2-3H,1H3,(H,7,8,9);10H,1-2H3,(H,6,7,8,9). The van der Waals surface area contributed by atoms with Gasteiger partial charge in [0.15, 0.2) is 4.77 Å². The van der Waals surface area contributed by atoms with E-state index in [0.29, 0.717) is 50.7 Å². The summed E-state index contributed by atoms with van der Waals surface area (Å²) in [6.07, 6.45) is 10.2. The highest BCUT2D eigenvalue weighted by atomic mass is 33.1. The van der Waals surface area contributed by atoms with Crippen molar-refractivity contribution in [1.29, 1.82) is 0 Å². The highest BCUT2D eigenvalue weighted by molar-refractivity contribution is 8.77. The summed E-state index contributed by atoms with van der Waals surface area (Å²) in [5, 5.41) is 55.6. The number of unbranched alkanes of at least 4 members (excludes halogenated alkanes) is 2. The van der Waals surface area contributed by atoms with Crippen molar-refractivity contribution in [3.05, 3.63) is 92.1 Å². The van der Waals surface area contributed by atoms with Gasteiger partial charge in [-0.05, 0) is 128 Å². The van der Waals surface area contributed by atoms with Crippen LogP contribution in [0.3, 0.4) is 0 Å². The molecule has 2 aromatic carbocycles. The quantitative estimate of drug-likeness (QED) is 0.0156. The van der Waals surface area contributed by atoms with Gasteiger partial charge in [-0.3, -0.25) is 35.1 Å². The lowest BCUT2D eigenvalue weighted by Gasteiger charge is -2.18. The fourth-order valence-electron chi connectivity index (χ4n) is 7.53. The lowest BCUT2D eigenvalue weighted by Crippen LogP contribution is -2.25. The number of hydrogen-bond acceptors (Lipinski definition) is 25. The van der Waals surface area contributed by atoms with Gasteiger partial charge in [-0.25, -0.2) is 40.9 Å². The van der Waals surface area contributed by atoms with E-state index in [1.54, 1.807) is 57.0 Å². The molecule has 0 radical (unpaired) electrons. The van der Waals surface area contributed by atoms with Crippen molar-refractivity contribution < 1.29 is 35.1 Å². The minimum atomic E-state index is -0.663. The third kappa shape index (κ3) is 24.1. The summed E-state index contributed by atoms with van der Waals surface area (Å²) < 4.78 is 3.73. The number of carbonyl (C=O) groups excluding carboxylic acids is 2. The van der Waals surface area contributed by atoms with Crippen LogP contribution in [0, 0.1) is 36.2 Å². The van der Waals surface area contributed by atoms with E-state index in [1.807, 2.05) is 70.1 Å². The van der Waals surface area contributed by atoms with E-state index in [0.717, 1.165) is 79.3 Å². The fraction of sp³-hybridized carbons (Fsp3) is 0.440. The average molecular weight is 1250 g/mol. The number of tetrazole rings is 1. The van der Waals surface area contributed by atoms with Crippen molar-refractivity contribution in [2.75, 3.05) is 57.9 Å². The maximum absolute atomic E-state index is 12.2. The van der Waals surface area contributed by atoms with E-state index < -0.39 is 5.97 Å². The molecule has 0 aliphatic carbocycles. The topological polar surface area (TPSA) is 426 Å². The molecule has 85 heavy (non-hydrogen) atoms. The molecule has 3 amide bonds. The van der Waals surface area contributed by atoms with Gasteiger partial charge >= 0.3 is 12.0 Å². The van der Waals surface area contributed by atoms with Gasteiger partial charge in [-0.1, -0.05) is 71.1 Å². The molecule has 460 valence electrons. The van der Waals surface area contributed by atoms with Crippen LogP contribution in [0.2, 0.25) is 0 Å². The highest BCUT2D eigenvalue weighted by Gasteiger charge is 2.17. The number of urea groups is 1. The zero-order chi connectivity index (χ0) is 62.3. The van der Waals surface area contributed by atoms with Crippen molar-refractivity contribution >= 4 is 116 Å². The maximum atomic E-state index is 12.2. The van der Waals surface area contributed by atoms with E-state index in [1.165, 1.54) is 40.2 Å². The number of amides is 3. The molecule has 2 atom stereocenters. The van der Waals surface area contributed by atoms with E-state index in [9.17, 15) is 19.2 Å². The van der Waals surface area contributed by atoms with Crippen LogP contribution in [0.15, 0.2) is 59.7 Å². The fourth-order valence-corrected chi connectivity index (χ4v) is 11.0. The number of imidazole rings is 1. The summed E-state index contributed by atoms with van der Waals surface area (Å²) in [5.74, 6) is 2.91. The first kappa shape index (κ1) is 69.3. The lowest BCUT2D eigenvalue weighted by molar-refractivity contribution is -0.137. The first-order chi connectivity index (χ1) is 40.9. The van der Waals surface area contributed by atoms with Gasteiger partial charge in [-0.2, -0.15) is 34.6 Å². The Kier molecular flexibility index (Phi) is 30.3. The number of carboxylic acid groups (broad SMARTS) is 1. The van der Waals surface area contributed by atoms with Gasteiger partial charge in [0.05, 0.1) is 16.7 Å². The molecule has 1 aliphatic rings.